The van der Waals surface area contributed by atoms with Crippen LogP contribution in [0.15, 0.2) is 70.0 Å². The van der Waals surface area contributed by atoms with Crippen molar-refractivity contribution in [1.82, 2.24) is 9.97 Å². The Morgan fingerprint density at radius 1 is 1.04 bits per heavy atom. The number of halogens is 2. The van der Waals surface area contributed by atoms with Crippen LogP contribution < -0.4 is 5.32 Å². The number of hydrogen-bond acceptors (Lipinski definition) is 5. The topological polar surface area (TPSA) is 81.2 Å². The van der Waals surface area contributed by atoms with E-state index in [-0.39, 0.29) is 17.1 Å². The van der Waals surface area contributed by atoms with Gasteiger partial charge in [0.15, 0.2) is 11.5 Å². The highest BCUT2D eigenvalue weighted by molar-refractivity contribution is 6.04. The first-order chi connectivity index (χ1) is 13.1. The number of carbonyl (C=O) groups is 1. The van der Waals surface area contributed by atoms with Crippen molar-refractivity contribution < 1.29 is 22.4 Å². The molecule has 4 rings (SSSR count). The van der Waals surface area contributed by atoms with Crippen molar-refractivity contribution >= 4 is 11.6 Å². The second-order valence-corrected chi connectivity index (χ2v) is 5.50. The zero-order valence-corrected chi connectivity index (χ0v) is 13.6. The van der Waals surface area contributed by atoms with E-state index in [1.54, 1.807) is 12.1 Å². The third kappa shape index (κ3) is 3.32. The maximum Gasteiger partial charge on any atom is 0.260 e. The summed E-state index contributed by atoms with van der Waals surface area (Å²) in [5.41, 5.74) is -0.00630. The molecule has 134 valence electrons. The van der Waals surface area contributed by atoms with Crippen molar-refractivity contribution in [2.75, 3.05) is 5.32 Å². The minimum Gasteiger partial charge on any atom is -0.461 e. The van der Waals surface area contributed by atoms with Crippen LogP contribution in [0.2, 0.25) is 0 Å². The van der Waals surface area contributed by atoms with Crippen molar-refractivity contribution in [3.05, 3.63) is 78.4 Å². The standard InChI is InChI=1S/C19H11F2N3O3/c20-13-6-5-11(19-23-10-16(27-19)15-4-2-8-26-15)9-14(13)24-18(25)12-3-1-7-22-17(12)21/h1-10H,(H,24,25). The number of hydrogen-bond donors (Lipinski definition) is 1. The molecule has 3 heterocycles. The second-order valence-electron chi connectivity index (χ2n) is 5.50. The normalized spacial score (nSPS) is 10.7. The Hall–Kier alpha value is -3.81. The van der Waals surface area contributed by atoms with Gasteiger partial charge in [-0.15, -0.1) is 0 Å². The largest absolute Gasteiger partial charge is 0.461 e. The van der Waals surface area contributed by atoms with Crippen LogP contribution in [0.4, 0.5) is 14.5 Å². The van der Waals surface area contributed by atoms with Gasteiger partial charge in [0.25, 0.3) is 5.91 Å². The summed E-state index contributed by atoms with van der Waals surface area (Å²) in [6.07, 6.45) is 4.19. The van der Waals surface area contributed by atoms with E-state index in [0.717, 1.165) is 6.07 Å². The molecule has 0 aliphatic heterocycles. The molecule has 4 aromatic rings. The molecule has 0 unspecified atom stereocenters. The number of oxazole rings is 1. The Bertz CT molecular complexity index is 1110. The summed E-state index contributed by atoms with van der Waals surface area (Å²) in [4.78, 5) is 19.7. The maximum atomic E-state index is 14.1. The molecule has 1 N–H and O–H groups in total. The SMILES string of the molecule is O=C(Nc1cc(-c2ncc(-c3ccco3)o2)ccc1F)c1cccnc1F. The number of benzene rings is 1. The van der Waals surface area contributed by atoms with Crippen molar-refractivity contribution in [3.8, 4) is 23.0 Å². The molecule has 1 aromatic carbocycles. The Labute approximate surface area is 151 Å². The van der Waals surface area contributed by atoms with Gasteiger partial charge in [-0.2, -0.15) is 4.39 Å². The van der Waals surface area contributed by atoms with Crippen molar-refractivity contribution in [2.24, 2.45) is 0 Å². The average Bonchev–Trinajstić information content (AvgIpc) is 3.35. The summed E-state index contributed by atoms with van der Waals surface area (Å²) in [7, 11) is 0. The van der Waals surface area contributed by atoms with Crippen LogP contribution in [0.25, 0.3) is 23.0 Å². The minimum atomic E-state index is -0.942. The molecule has 0 aliphatic carbocycles. The monoisotopic (exact) mass is 367 g/mol. The summed E-state index contributed by atoms with van der Waals surface area (Å²) < 4.78 is 38.6. The molecule has 0 fully saturated rings. The molecule has 6 nitrogen and oxygen atoms in total. The average molecular weight is 367 g/mol. The molecular formula is C19H11F2N3O3. The summed E-state index contributed by atoms with van der Waals surface area (Å²) in [5.74, 6) is -1.33. The summed E-state index contributed by atoms with van der Waals surface area (Å²) >= 11 is 0. The number of anilines is 1. The molecular weight excluding hydrogens is 356 g/mol. The van der Waals surface area contributed by atoms with E-state index in [0.29, 0.717) is 17.1 Å². The Morgan fingerprint density at radius 3 is 2.70 bits per heavy atom. The first-order valence-electron chi connectivity index (χ1n) is 7.83. The van der Waals surface area contributed by atoms with Gasteiger partial charge in [-0.1, -0.05) is 0 Å². The molecule has 0 saturated heterocycles. The van der Waals surface area contributed by atoms with E-state index in [1.165, 1.54) is 42.9 Å². The third-order valence-electron chi connectivity index (χ3n) is 3.73. The number of pyridine rings is 1. The third-order valence-corrected chi connectivity index (χ3v) is 3.73. The molecule has 0 bridgehead atoms. The summed E-state index contributed by atoms with van der Waals surface area (Å²) in [6, 6.07) is 10.0. The predicted octanol–water partition coefficient (Wildman–Crippen LogP) is 4.53. The smallest absolute Gasteiger partial charge is 0.260 e. The van der Waals surface area contributed by atoms with Crippen LogP contribution in [0.1, 0.15) is 10.4 Å². The number of rotatable bonds is 4. The van der Waals surface area contributed by atoms with E-state index in [9.17, 15) is 13.6 Å². The van der Waals surface area contributed by atoms with Crippen molar-refractivity contribution in [1.29, 1.82) is 0 Å². The fourth-order valence-electron chi connectivity index (χ4n) is 2.44. The van der Waals surface area contributed by atoms with Gasteiger partial charge >= 0.3 is 0 Å². The Kier molecular flexibility index (Phi) is 4.21. The number of carbonyl (C=O) groups excluding carboxylic acids is 1. The van der Waals surface area contributed by atoms with Crippen LogP contribution in [0.3, 0.4) is 0 Å². The zero-order valence-electron chi connectivity index (χ0n) is 13.6. The zero-order chi connectivity index (χ0) is 18.8. The fraction of sp³-hybridized carbons (Fsp3) is 0. The van der Waals surface area contributed by atoms with Crippen LogP contribution >= 0.6 is 0 Å². The minimum absolute atomic E-state index is 0.140. The van der Waals surface area contributed by atoms with Gasteiger partial charge in [-0.3, -0.25) is 4.79 Å². The quantitative estimate of drug-likeness (QED) is 0.536. The van der Waals surface area contributed by atoms with Gasteiger partial charge in [0.2, 0.25) is 11.8 Å². The molecule has 0 aliphatic rings. The van der Waals surface area contributed by atoms with Gasteiger partial charge in [-0.05, 0) is 42.5 Å². The maximum absolute atomic E-state index is 14.1. The van der Waals surface area contributed by atoms with Gasteiger partial charge in [-0.25, -0.2) is 14.4 Å². The molecule has 3 aromatic heterocycles. The Balaban J connectivity index is 1.62. The van der Waals surface area contributed by atoms with Crippen LogP contribution in [0.5, 0.6) is 0 Å². The molecule has 0 atom stereocenters. The van der Waals surface area contributed by atoms with Gasteiger partial charge in [0.05, 0.1) is 23.7 Å². The number of aromatic nitrogens is 2. The van der Waals surface area contributed by atoms with E-state index < -0.39 is 17.7 Å². The van der Waals surface area contributed by atoms with Crippen LogP contribution in [0, 0.1) is 11.8 Å². The lowest BCUT2D eigenvalue weighted by Crippen LogP contribution is -2.15. The van der Waals surface area contributed by atoms with Gasteiger partial charge < -0.3 is 14.2 Å². The molecule has 0 spiro atoms. The Morgan fingerprint density at radius 2 is 1.93 bits per heavy atom. The van der Waals surface area contributed by atoms with Crippen LogP contribution in [-0.4, -0.2) is 15.9 Å². The highest BCUT2D eigenvalue weighted by atomic mass is 19.1. The number of furan rings is 1. The van der Waals surface area contributed by atoms with E-state index in [2.05, 4.69) is 15.3 Å². The predicted molar refractivity (Wildman–Crippen MR) is 91.7 cm³/mol. The molecule has 0 saturated carbocycles. The van der Waals surface area contributed by atoms with Gasteiger partial charge in [0, 0.05) is 11.8 Å². The second kappa shape index (κ2) is 6.83. The fourth-order valence-corrected chi connectivity index (χ4v) is 2.44. The van der Waals surface area contributed by atoms with Crippen LogP contribution in [-0.2, 0) is 0 Å². The highest BCUT2D eigenvalue weighted by Crippen LogP contribution is 2.29. The number of nitrogens with one attached hydrogen (secondary N) is 1. The summed E-state index contributed by atoms with van der Waals surface area (Å²) in [5, 5.41) is 2.33. The first-order valence-corrected chi connectivity index (χ1v) is 7.83. The number of nitrogens with zero attached hydrogens (tertiary/aromatic N) is 2. The van der Waals surface area contributed by atoms with E-state index in [4.69, 9.17) is 8.83 Å². The van der Waals surface area contributed by atoms with Crippen molar-refractivity contribution in [2.45, 2.75) is 0 Å². The highest BCUT2D eigenvalue weighted by Gasteiger charge is 2.16. The number of amides is 1. The molecule has 0 radical (unpaired) electrons. The van der Waals surface area contributed by atoms with Gasteiger partial charge in [0.1, 0.15) is 5.82 Å². The molecule has 1 amide bonds. The molecule has 27 heavy (non-hydrogen) atoms. The summed E-state index contributed by atoms with van der Waals surface area (Å²) in [6.45, 7) is 0. The van der Waals surface area contributed by atoms with E-state index >= 15 is 0 Å². The lowest BCUT2D eigenvalue weighted by Gasteiger charge is -2.08. The first kappa shape index (κ1) is 16.6. The lowest BCUT2D eigenvalue weighted by molar-refractivity contribution is 0.102. The molecule has 8 heteroatoms. The van der Waals surface area contributed by atoms with E-state index in [1.807, 2.05) is 0 Å². The van der Waals surface area contributed by atoms with Crippen molar-refractivity contribution in [3.63, 3.8) is 0 Å². The lowest BCUT2D eigenvalue weighted by atomic mass is 10.1.